The summed E-state index contributed by atoms with van der Waals surface area (Å²) in [5.41, 5.74) is 2.82. The monoisotopic (exact) mass is 157 g/mol. The van der Waals surface area contributed by atoms with Crippen molar-refractivity contribution in [1.29, 1.82) is 5.26 Å². The van der Waals surface area contributed by atoms with Gasteiger partial charge in [0.1, 0.15) is 0 Å². The molecule has 1 aromatic carbocycles. The summed E-state index contributed by atoms with van der Waals surface area (Å²) in [5, 5.41) is 12.1. The van der Waals surface area contributed by atoms with E-state index in [1.807, 2.05) is 30.5 Å². The van der Waals surface area contributed by atoms with Gasteiger partial charge in [-0.1, -0.05) is 24.3 Å². The minimum atomic E-state index is 1.05. The van der Waals surface area contributed by atoms with E-state index in [-0.39, 0.29) is 0 Å². The van der Waals surface area contributed by atoms with Crippen molar-refractivity contribution in [2.24, 2.45) is 0 Å². The Morgan fingerprint density at radius 3 is 2.75 bits per heavy atom. The number of hydrazine groups is 1. The maximum atomic E-state index is 8.58. The standard InChI is InChI=1S/C9H7N3/c10-7-12-6-9-4-2-1-3-8(9)5-11-12/h1-6,11H. The fourth-order valence-electron chi connectivity index (χ4n) is 1.13. The Labute approximate surface area is 69.8 Å². The zero-order valence-corrected chi connectivity index (χ0v) is 6.36. The van der Waals surface area contributed by atoms with E-state index in [1.54, 1.807) is 12.4 Å². The van der Waals surface area contributed by atoms with E-state index >= 15 is 0 Å². The van der Waals surface area contributed by atoms with Crippen LogP contribution in [0, 0.1) is 11.5 Å². The summed E-state index contributed by atoms with van der Waals surface area (Å²) in [7, 11) is 0. The summed E-state index contributed by atoms with van der Waals surface area (Å²) in [5.74, 6) is 0. The van der Waals surface area contributed by atoms with Crippen molar-refractivity contribution in [3.05, 3.63) is 34.7 Å². The minimum Gasteiger partial charge on any atom is -0.292 e. The number of nitrogens with zero attached hydrogens (tertiary/aromatic N) is 2. The quantitative estimate of drug-likeness (QED) is 0.514. The van der Waals surface area contributed by atoms with Gasteiger partial charge in [0.2, 0.25) is 6.19 Å². The van der Waals surface area contributed by atoms with Crippen LogP contribution in [0.25, 0.3) is 12.4 Å². The normalized spacial score (nSPS) is 13.1. The highest BCUT2D eigenvalue weighted by molar-refractivity contribution is 5.36. The van der Waals surface area contributed by atoms with Crippen molar-refractivity contribution in [3.8, 4) is 6.19 Å². The van der Waals surface area contributed by atoms with Gasteiger partial charge < -0.3 is 0 Å². The molecule has 0 amide bonds. The van der Waals surface area contributed by atoms with Gasteiger partial charge >= 0.3 is 0 Å². The highest BCUT2D eigenvalue weighted by Crippen LogP contribution is 1.83. The number of nitrogens with one attached hydrogen (secondary N) is 1. The third-order valence-electron chi connectivity index (χ3n) is 1.73. The van der Waals surface area contributed by atoms with Crippen LogP contribution in [-0.4, -0.2) is 5.01 Å². The van der Waals surface area contributed by atoms with Gasteiger partial charge in [0.15, 0.2) is 0 Å². The van der Waals surface area contributed by atoms with Crippen LogP contribution in [0.5, 0.6) is 0 Å². The van der Waals surface area contributed by atoms with E-state index in [0.717, 1.165) is 10.4 Å². The first kappa shape index (κ1) is 6.74. The van der Waals surface area contributed by atoms with Crippen LogP contribution >= 0.6 is 0 Å². The molecule has 3 heteroatoms. The third kappa shape index (κ3) is 0.995. The molecule has 0 unspecified atom stereocenters. The Morgan fingerprint density at radius 2 is 2.00 bits per heavy atom. The molecule has 1 aromatic rings. The molecular formula is C9H7N3. The van der Waals surface area contributed by atoms with Gasteiger partial charge in [0.25, 0.3) is 0 Å². The molecule has 0 aromatic heterocycles. The Bertz CT molecular complexity index is 442. The number of nitriles is 1. The van der Waals surface area contributed by atoms with Crippen LogP contribution in [0.4, 0.5) is 0 Å². The predicted molar refractivity (Wildman–Crippen MR) is 45.2 cm³/mol. The van der Waals surface area contributed by atoms with Crippen molar-refractivity contribution < 1.29 is 0 Å². The van der Waals surface area contributed by atoms with Gasteiger partial charge in [0.05, 0.1) is 0 Å². The van der Waals surface area contributed by atoms with Crippen LogP contribution in [0.1, 0.15) is 0 Å². The first-order valence-corrected chi connectivity index (χ1v) is 3.62. The van der Waals surface area contributed by atoms with Gasteiger partial charge in [-0.15, -0.1) is 0 Å². The van der Waals surface area contributed by atoms with E-state index in [9.17, 15) is 0 Å². The van der Waals surface area contributed by atoms with Gasteiger partial charge in [0, 0.05) is 22.8 Å². The lowest BCUT2D eigenvalue weighted by atomic mass is 10.2. The highest BCUT2D eigenvalue weighted by atomic mass is 15.5. The molecule has 2 rings (SSSR count). The molecule has 0 spiro atoms. The molecule has 1 aliphatic rings. The molecule has 3 nitrogen and oxygen atoms in total. The first-order valence-electron chi connectivity index (χ1n) is 3.62. The fourth-order valence-corrected chi connectivity index (χ4v) is 1.13. The summed E-state index contributed by atoms with van der Waals surface area (Å²) >= 11 is 0. The molecule has 58 valence electrons. The Kier molecular flexibility index (Phi) is 1.45. The first-order chi connectivity index (χ1) is 5.90. The van der Waals surface area contributed by atoms with Crippen LogP contribution < -0.4 is 15.9 Å². The molecule has 0 aliphatic carbocycles. The SMILES string of the molecule is N#CN1C=c2ccccc2=CN1. The number of benzene rings is 1. The molecular weight excluding hydrogens is 150 g/mol. The van der Waals surface area contributed by atoms with E-state index < -0.39 is 0 Å². The second kappa shape index (κ2) is 2.59. The van der Waals surface area contributed by atoms with Crippen LogP contribution in [-0.2, 0) is 0 Å². The maximum absolute atomic E-state index is 8.58. The smallest absolute Gasteiger partial charge is 0.204 e. The molecule has 0 bridgehead atoms. The summed E-state index contributed by atoms with van der Waals surface area (Å²) < 4.78 is 0. The largest absolute Gasteiger partial charge is 0.292 e. The molecule has 0 saturated carbocycles. The minimum absolute atomic E-state index is 1.05. The number of fused-ring (bicyclic) bond motifs is 1. The average Bonchev–Trinajstić information content (AvgIpc) is 2.17. The molecule has 12 heavy (non-hydrogen) atoms. The van der Waals surface area contributed by atoms with E-state index in [1.165, 1.54) is 5.01 Å². The lowest BCUT2D eigenvalue weighted by Gasteiger charge is -2.12. The maximum Gasteiger partial charge on any atom is 0.204 e. The predicted octanol–water partition coefficient (Wildman–Crippen LogP) is -0.536. The summed E-state index contributed by atoms with van der Waals surface area (Å²) in [6.07, 6.45) is 5.54. The van der Waals surface area contributed by atoms with Crippen molar-refractivity contribution in [1.82, 2.24) is 10.4 Å². The zero-order chi connectivity index (χ0) is 8.39. The second-order valence-electron chi connectivity index (χ2n) is 2.50. The molecule has 0 radical (unpaired) electrons. The van der Waals surface area contributed by atoms with Crippen molar-refractivity contribution >= 4 is 12.4 Å². The van der Waals surface area contributed by atoms with Crippen molar-refractivity contribution in [3.63, 3.8) is 0 Å². The Morgan fingerprint density at radius 1 is 1.25 bits per heavy atom. The van der Waals surface area contributed by atoms with Gasteiger partial charge in [-0.05, 0) is 0 Å². The molecule has 0 atom stereocenters. The zero-order valence-electron chi connectivity index (χ0n) is 6.36. The lowest BCUT2D eigenvalue weighted by Crippen LogP contribution is -2.39. The highest BCUT2D eigenvalue weighted by Gasteiger charge is 1.97. The van der Waals surface area contributed by atoms with E-state index in [4.69, 9.17) is 5.26 Å². The van der Waals surface area contributed by atoms with Gasteiger partial charge in [-0.3, -0.25) is 5.43 Å². The second-order valence-corrected chi connectivity index (χ2v) is 2.50. The Balaban J connectivity index is 2.65. The lowest BCUT2D eigenvalue weighted by molar-refractivity contribution is 0.506. The Hall–Kier alpha value is -1.95. The number of rotatable bonds is 0. The molecule has 0 fully saturated rings. The number of hydrogen-bond acceptors (Lipinski definition) is 3. The van der Waals surface area contributed by atoms with Crippen molar-refractivity contribution in [2.75, 3.05) is 0 Å². The van der Waals surface area contributed by atoms with Gasteiger partial charge in [-0.25, -0.2) is 0 Å². The summed E-state index contributed by atoms with van der Waals surface area (Å²) in [6, 6.07) is 7.88. The van der Waals surface area contributed by atoms with Gasteiger partial charge in [-0.2, -0.15) is 10.3 Å². The molecule has 0 saturated heterocycles. The van der Waals surface area contributed by atoms with Crippen LogP contribution in [0.2, 0.25) is 0 Å². The van der Waals surface area contributed by atoms with Crippen LogP contribution in [0.3, 0.4) is 0 Å². The number of hydrogen-bond donors (Lipinski definition) is 1. The van der Waals surface area contributed by atoms with E-state index in [2.05, 4.69) is 5.43 Å². The topological polar surface area (TPSA) is 39.1 Å². The molecule has 1 heterocycles. The summed E-state index contributed by atoms with van der Waals surface area (Å²) in [4.78, 5) is 0. The van der Waals surface area contributed by atoms with Crippen LogP contribution in [0.15, 0.2) is 24.3 Å². The molecule has 1 N–H and O–H groups in total. The molecule has 1 aliphatic heterocycles. The average molecular weight is 157 g/mol. The fraction of sp³-hybridized carbons (Fsp3) is 0. The summed E-state index contributed by atoms with van der Waals surface area (Å²) in [6.45, 7) is 0. The van der Waals surface area contributed by atoms with Crippen molar-refractivity contribution in [2.45, 2.75) is 0 Å². The third-order valence-corrected chi connectivity index (χ3v) is 1.73. The van der Waals surface area contributed by atoms with E-state index in [0.29, 0.717) is 0 Å².